The van der Waals surface area contributed by atoms with Crippen molar-refractivity contribution in [2.75, 3.05) is 27.9 Å². The van der Waals surface area contributed by atoms with E-state index in [1.54, 1.807) is 21.3 Å². The number of benzene rings is 2. The second kappa shape index (κ2) is 11.1. The van der Waals surface area contributed by atoms with Gasteiger partial charge in [0.1, 0.15) is 5.75 Å². The number of para-hydroxylation sites is 1. The first-order valence-corrected chi connectivity index (χ1v) is 12.5. The van der Waals surface area contributed by atoms with E-state index in [1.165, 1.54) is 0 Å². The van der Waals surface area contributed by atoms with Crippen molar-refractivity contribution in [2.45, 2.75) is 45.4 Å². The molecule has 0 saturated carbocycles. The van der Waals surface area contributed by atoms with Gasteiger partial charge in [-0.1, -0.05) is 38.1 Å². The van der Waals surface area contributed by atoms with Crippen LogP contribution in [0.15, 0.2) is 65.0 Å². The van der Waals surface area contributed by atoms with E-state index in [2.05, 4.69) is 5.32 Å². The molecule has 0 aromatic heterocycles. The minimum Gasteiger partial charge on any atom is -0.496 e. The molecule has 2 atom stereocenters. The molecular formula is C30H35NO6. The summed E-state index contributed by atoms with van der Waals surface area (Å²) in [5.74, 6) is 1.04. The van der Waals surface area contributed by atoms with Gasteiger partial charge >= 0.3 is 5.97 Å². The number of methoxy groups -OCH3 is 3. The van der Waals surface area contributed by atoms with E-state index in [9.17, 15) is 9.59 Å². The van der Waals surface area contributed by atoms with Crippen molar-refractivity contribution in [3.8, 4) is 17.2 Å². The number of hydrogen-bond acceptors (Lipinski definition) is 7. The number of esters is 1. The van der Waals surface area contributed by atoms with E-state index in [-0.39, 0.29) is 17.6 Å². The van der Waals surface area contributed by atoms with Crippen LogP contribution in [0.2, 0.25) is 0 Å². The fraction of sp³-hybridized carbons (Fsp3) is 0.400. The summed E-state index contributed by atoms with van der Waals surface area (Å²) in [4.78, 5) is 27.2. The van der Waals surface area contributed by atoms with Crippen LogP contribution in [-0.4, -0.2) is 39.7 Å². The Bertz CT molecular complexity index is 1260. The van der Waals surface area contributed by atoms with Crippen molar-refractivity contribution in [3.05, 3.63) is 76.1 Å². The summed E-state index contributed by atoms with van der Waals surface area (Å²) < 4.78 is 22.2. The molecule has 1 aliphatic heterocycles. The maximum absolute atomic E-state index is 13.8. The van der Waals surface area contributed by atoms with Crippen molar-refractivity contribution in [1.82, 2.24) is 5.32 Å². The van der Waals surface area contributed by atoms with Crippen LogP contribution in [0, 0.1) is 5.92 Å². The Morgan fingerprint density at radius 1 is 0.973 bits per heavy atom. The van der Waals surface area contributed by atoms with Gasteiger partial charge in [-0.25, -0.2) is 4.79 Å². The lowest BCUT2D eigenvalue weighted by Gasteiger charge is -2.37. The topological polar surface area (TPSA) is 83.1 Å². The molecule has 7 nitrogen and oxygen atoms in total. The molecule has 2 aliphatic rings. The van der Waals surface area contributed by atoms with Gasteiger partial charge in [0.25, 0.3) is 0 Å². The Hall–Kier alpha value is -3.74. The van der Waals surface area contributed by atoms with Crippen LogP contribution >= 0.6 is 0 Å². The molecule has 0 spiro atoms. The predicted molar refractivity (Wildman–Crippen MR) is 141 cm³/mol. The van der Waals surface area contributed by atoms with Crippen molar-refractivity contribution in [2.24, 2.45) is 5.92 Å². The zero-order valence-electron chi connectivity index (χ0n) is 22.3. The highest BCUT2D eigenvalue weighted by molar-refractivity contribution is 6.04. The Morgan fingerprint density at radius 3 is 2.35 bits per heavy atom. The minimum absolute atomic E-state index is 0.00824. The molecule has 2 aromatic carbocycles. The molecule has 4 rings (SSSR count). The smallest absolute Gasteiger partial charge is 0.336 e. The molecular weight excluding hydrogens is 470 g/mol. The Balaban J connectivity index is 1.78. The maximum Gasteiger partial charge on any atom is 0.336 e. The lowest BCUT2D eigenvalue weighted by Crippen LogP contribution is -2.36. The quantitative estimate of drug-likeness (QED) is 0.489. The molecule has 196 valence electrons. The van der Waals surface area contributed by atoms with Crippen molar-refractivity contribution < 1.29 is 28.5 Å². The summed E-state index contributed by atoms with van der Waals surface area (Å²) in [5.41, 5.74) is 4.32. The second-order valence-electron chi connectivity index (χ2n) is 9.87. The van der Waals surface area contributed by atoms with Gasteiger partial charge in [0.05, 0.1) is 39.4 Å². The molecule has 1 aliphatic carbocycles. The number of ether oxygens (including phenoxy) is 4. The van der Waals surface area contributed by atoms with Gasteiger partial charge in [-0.2, -0.15) is 0 Å². The van der Waals surface area contributed by atoms with Crippen LogP contribution in [0.5, 0.6) is 17.2 Å². The molecule has 0 fully saturated rings. The number of carbonyl (C=O) groups is 2. The molecule has 2 aromatic rings. The van der Waals surface area contributed by atoms with Crippen molar-refractivity contribution in [3.63, 3.8) is 0 Å². The van der Waals surface area contributed by atoms with E-state index in [0.717, 1.165) is 16.8 Å². The van der Waals surface area contributed by atoms with E-state index < -0.39 is 11.9 Å². The molecule has 1 N–H and O–H groups in total. The molecule has 7 heteroatoms. The first-order chi connectivity index (χ1) is 17.8. The second-order valence-corrected chi connectivity index (χ2v) is 9.87. The van der Waals surface area contributed by atoms with Crippen LogP contribution in [0.4, 0.5) is 0 Å². The number of ketones is 1. The molecule has 0 saturated heterocycles. The standard InChI is InChI=1S/C30H35NO6/c1-17(2)16-37-30(33)27-18(3)31-22-13-20(19-11-12-25(35-5)26(15-19)36-6)14-23(32)29(22)28(27)21-9-7-8-10-24(21)34-4/h7-12,15,17,20,28,31H,13-14,16H2,1-6H3/t20-,28+/m1/s1. The third-order valence-electron chi connectivity index (χ3n) is 6.92. The molecule has 0 amide bonds. The summed E-state index contributed by atoms with van der Waals surface area (Å²) in [6, 6.07) is 13.3. The SMILES string of the molecule is COc1ccc([C@H]2CC(=O)C3=C(C2)NC(C)=C(C(=O)OCC(C)C)[C@@H]3c2ccccc2OC)cc1OC. The first-order valence-electron chi connectivity index (χ1n) is 12.5. The maximum atomic E-state index is 13.8. The van der Waals surface area contributed by atoms with Gasteiger partial charge in [0, 0.05) is 29.0 Å². The van der Waals surface area contributed by atoms with Crippen LogP contribution in [0.25, 0.3) is 0 Å². The fourth-order valence-corrected chi connectivity index (χ4v) is 5.19. The first kappa shape index (κ1) is 26.3. The predicted octanol–water partition coefficient (Wildman–Crippen LogP) is 5.27. The number of carbonyl (C=O) groups excluding carboxylic acids is 2. The summed E-state index contributed by atoms with van der Waals surface area (Å²) in [5, 5.41) is 3.40. The highest BCUT2D eigenvalue weighted by Gasteiger charge is 2.42. The summed E-state index contributed by atoms with van der Waals surface area (Å²) in [7, 11) is 4.79. The van der Waals surface area contributed by atoms with Gasteiger partial charge in [0.2, 0.25) is 0 Å². The van der Waals surface area contributed by atoms with Gasteiger partial charge in [0.15, 0.2) is 17.3 Å². The Morgan fingerprint density at radius 2 is 1.68 bits per heavy atom. The molecule has 1 heterocycles. The van der Waals surface area contributed by atoms with Crippen LogP contribution in [0.1, 0.15) is 56.6 Å². The summed E-state index contributed by atoms with van der Waals surface area (Å²) in [6.45, 7) is 6.15. The zero-order valence-corrected chi connectivity index (χ0v) is 22.3. The van der Waals surface area contributed by atoms with Gasteiger partial charge < -0.3 is 24.3 Å². The monoisotopic (exact) mass is 505 g/mol. The largest absolute Gasteiger partial charge is 0.496 e. The third kappa shape index (κ3) is 5.22. The van der Waals surface area contributed by atoms with E-state index >= 15 is 0 Å². The molecule has 0 bridgehead atoms. The fourth-order valence-electron chi connectivity index (χ4n) is 5.19. The average molecular weight is 506 g/mol. The molecule has 0 unspecified atom stereocenters. The van der Waals surface area contributed by atoms with Crippen molar-refractivity contribution in [1.29, 1.82) is 0 Å². The molecule has 0 radical (unpaired) electrons. The Labute approximate surface area is 218 Å². The average Bonchev–Trinajstić information content (AvgIpc) is 2.90. The summed E-state index contributed by atoms with van der Waals surface area (Å²) in [6.07, 6.45) is 0.933. The zero-order chi connectivity index (χ0) is 26.7. The van der Waals surface area contributed by atoms with E-state index in [0.29, 0.717) is 53.5 Å². The highest BCUT2D eigenvalue weighted by atomic mass is 16.5. The van der Waals surface area contributed by atoms with Gasteiger partial charge in [-0.3, -0.25) is 4.79 Å². The van der Waals surface area contributed by atoms with Crippen LogP contribution in [0.3, 0.4) is 0 Å². The van der Waals surface area contributed by atoms with E-state index in [4.69, 9.17) is 18.9 Å². The number of nitrogens with one attached hydrogen (secondary N) is 1. The van der Waals surface area contributed by atoms with Crippen LogP contribution in [-0.2, 0) is 14.3 Å². The Kier molecular flexibility index (Phi) is 7.91. The number of allylic oxidation sites excluding steroid dienone is 3. The van der Waals surface area contributed by atoms with Gasteiger partial charge in [-0.05, 0) is 48.9 Å². The lowest BCUT2D eigenvalue weighted by molar-refractivity contribution is -0.140. The minimum atomic E-state index is -0.578. The van der Waals surface area contributed by atoms with Gasteiger partial charge in [-0.15, -0.1) is 0 Å². The number of dihydropyridines is 1. The lowest BCUT2D eigenvalue weighted by atomic mass is 9.71. The summed E-state index contributed by atoms with van der Waals surface area (Å²) >= 11 is 0. The highest BCUT2D eigenvalue weighted by Crippen LogP contribution is 2.48. The number of Topliss-reactive ketones (excluding diaryl/α,β-unsaturated/α-hetero) is 1. The van der Waals surface area contributed by atoms with Crippen molar-refractivity contribution >= 4 is 11.8 Å². The number of hydrogen-bond donors (Lipinski definition) is 1. The van der Waals surface area contributed by atoms with E-state index in [1.807, 2.05) is 63.2 Å². The third-order valence-corrected chi connectivity index (χ3v) is 6.92. The van der Waals surface area contributed by atoms with Crippen LogP contribution < -0.4 is 19.5 Å². The molecule has 37 heavy (non-hydrogen) atoms. The number of rotatable bonds is 8. The normalized spacial score (nSPS) is 19.4.